The van der Waals surface area contributed by atoms with E-state index >= 15 is 0 Å². The topological polar surface area (TPSA) is 31.6 Å². The maximum Gasteiger partial charge on any atom is 0.0624 e. The van der Waals surface area contributed by atoms with Crippen LogP contribution in [0.3, 0.4) is 0 Å². The van der Waals surface area contributed by atoms with Gasteiger partial charge in [-0.25, -0.2) is 0 Å². The first kappa shape index (κ1) is 11.8. The number of nitrogens with one attached hydrogen (secondary N) is 2. The lowest BCUT2D eigenvalue weighted by molar-refractivity contribution is 1.28. The van der Waals surface area contributed by atoms with Gasteiger partial charge in [0, 0.05) is 17.5 Å². The monoisotopic (exact) mass is 250 g/mol. The number of aromatic nitrogens is 2. The third kappa shape index (κ3) is 2.10. The second-order valence-corrected chi connectivity index (χ2v) is 5.14. The van der Waals surface area contributed by atoms with Crippen LogP contribution >= 0.6 is 0 Å². The van der Waals surface area contributed by atoms with Crippen molar-refractivity contribution in [1.82, 2.24) is 9.97 Å². The number of H-pyrrole nitrogens is 2. The lowest BCUT2D eigenvalue weighted by Crippen LogP contribution is -1.90. The van der Waals surface area contributed by atoms with Crippen molar-refractivity contribution in [2.45, 2.75) is 20.8 Å². The normalized spacial score (nSPS) is 10.9. The molecule has 2 heteroatoms. The molecule has 2 aromatic heterocycles. The van der Waals surface area contributed by atoms with Crippen LogP contribution in [0.25, 0.3) is 22.6 Å². The Morgan fingerprint density at radius 2 is 1.47 bits per heavy atom. The fourth-order valence-corrected chi connectivity index (χ4v) is 2.80. The zero-order valence-electron chi connectivity index (χ0n) is 11.5. The van der Waals surface area contributed by atoms with E-state index in [9.17, 15) is 0 Å². The van der Waals surface area contributed by atoms with Crippen LogP contribution < -0.4 is 0 Å². The zero-order valence-corrected chi connectivity index (χ0v) is 11.5. The summed E-state index contributed by atoms with van der Waals surface area (Å²) in [5.41, 5.74) is 8.68. The molecule has 2 nitrogen and oxygen atoms in total. The van der Waals surface area contributed by atoms with Crippen LogP contribution in [0, 0.1) is 20.8 Å². The third-order valence-corrected chi connectivity index (χ3v) is 3.52. The Bertz CT molecular complexity index is 680. The number of aryl methyl sites for hydroxylation is 3. The van der Waals surface area contributed by atoms with Crippen LogP contribution in [-0.4, -0.2) is 9.97 Å². The molecule has 0 unspecified atom stereocenters. The van der Waals surface area contributed by atoms with E-state index in [0.717, 1.165) is 11.4 Å². The van der Waals surface area contributed by atoms with Gasteiger partial charge in [0.05, 0.1) is 11.4 Å². The largest absolute Gasteiger partial charge is 0.360 e. The second kappa shape index (κ2) is 4.47. The molecule has 1 aromatic carbocycles. The van der Waals surface area contributed by atoms with Crippen molar-refractivity contribution in [2.75, 3.05) is 0 Å². The van der Waals surface area contributed by atoms with Gasteiger partial charge < -0.3 is 9.97 Å². The van der Waals surface area contributed by atoms with Crippen molar-refractivity contribution in [3.63, 3.8) is 0 Å². The zero-order chi connectivity index (χ0) is 13.4. The molecule has 0 aliphatic heterocycles. The fraction of sp³-hybridized carbons (Fsp3) is 0.176. The van der Waals surface area contributed by atoms with Gasteiger partial charge in [-0.05, 0) is 56.2 Å². The summed E-state index contributed by atoms with van der Waals surface area (Å²) in [6.45, 7) is 6.48. The van der Waals surface area contributed by atoms with Crippen LogP contribution in [0.1, 0.15) is 16.7 Å². The highest BCUT2D eigenvalue weighted by Crippen LogP contribution is 2.29. The predicted molar refractivity (Wildman–Crippen MR) is 80.2 cm³/mol. The van der Waals surface area contributed by atoms with E-state index in [1.807, 2.05) is 12.3 Å². The minimum atomic E-state index is 1.12. The number of benzene rings is 1. The van der Waals surface area contributed by atoms with E-state index < -0.39 is 0 Å². The van der Waals surface area contributed by atoms with Crippen LogP contribution in [0.2, 0.25) is 0 Å². The molecular formula is C17H18N2. The minimum Gasteiger partial charge on any atom is -0.360 e. The van der Waals surface area contributed by atoms with Gasteiger partial charge in [0.25, 0.3) is 0 Å². The summed E-state index contributed by atoms with van der Waals surface area (Å²) in [6.07, 6.45) is 1.94. The molecule has 0 radical (unpaired) electrons. The molecule has 3 rings (SSSR count). The van der Waals surface area contributed by atoms with Crippen molar-refractivity contribution in [3.05, 3.63) is 59.3 Å². The van der Waals surface area contributed by atoms with Gasteiger partial charge in [0.15, 0.2) is 0 Å². The van der Waals surface area contributed by atoms with Gasteiger partial charge in [0.1, 0.15) is 0 Å². The summed E-state index contributed by atoms with van der Waals surface area (Å²) in [7, 11) is 0. The highest BCUT2D eigenvalue weighted by Gasteiger charge is 2.09. The van der Waals surface area contributed by atoms with E-state index in [2.05, 4.69) is 61.1 Å². The van der Waals surface area contributed by atoms with Gasteiger partial charge in [-0.3, -0.25) is 0 Å². The molecule has 0 atom stereocenters. The van der Waals surface area contributed by atoms with Gasteiger partial charge >= 0.3 is 0 Å². The molecule has 19 heavy (non-hydrogen) atoms. The molecule has 96 valence electrons. The van der Waals surface area contributed by atoms with Gasteiger partial charge in [0.2, 0.25) is 0 Å². The van der Waals surface area contributed by atoms with E-state index in [-0.39, 0.29) is 0 Å². The van der Waals surface area contributed by atoms with Crippen molar-refractivity contribution >= 4 is 0 Å². The molecule has 0 bridgehead atoms. The molecule has 2 heterocycles. The summed E-state index contributed by atoms with van der Waals surface area (Å²) >= 11 is 0. The standard InChI is InChI=1S/C17H18N2/c1-11-9-12(2)17(13(3)10-11)16-7-6-15(19-16)14-5-4-8-18-14/h4-10,18-19H,1-3H3. The molecular weight excluding hydrogens is 232 g/mol. The fourth-order valence-electron chi connectivity index (χ4n) is 2.80. The average molecular weight is 250 g/mol. The quantitative estimate of drug-likeness (QED) is 0.666. The van der Waals surface area contributed by atoms with Crippen molar-refractivity contribution < 1.29 is 0 Å². The van der Waals surface area contributed by atoms with Gasteiger partial charge in [-0.1, -0.05) is 17.7 Å². The molecule has 0 aliphatic rings. The number of hydrogen-bond donors (Lipinski definition) is 2. The Hall–Kier alpha value is -2.22. The van der Waals surface area contributed by atoms with Crippen LogP contribution in [-0.2, 0) is 0 Å². The Balaban J connectivity index is 2.09. The smallest absolute Gasteiger partial charge is 0.0624 e. The molecule has 0 fully saturated rings. The molecule has 2 N–H and O–H groups in total. The maximum absolute atomic E-state index is 3.50. The van der Waals surface area contributed by atoms with Crippen molar-refractivity contribution in [3.8, 4) is 22.6 Å². The van der Waals surface area contributed by atoms with Crippen LogP contribution in [0.4, 0.5) is 0 Å². The summed E-state index contributed by atoms with van der Waals surface area (Å²) < 4.78 is 0. The summed E-state index contributed by atoms with van der Waals surface area (Å²) in [6, 6.07) is 12.8. The summed E-state index contributed by atoms with van der Waals surface area (Å²) in [5.74, 6) is 0. The SMILES string of the molecule is Cc1cc(C)c(-c2ccc(-c3ccc[nH]3)[nH]2)c(C)c1. The van der Waals surface area contributed by atoms with E-state index in [1.165, 1.54) is 27.9 Å². The molecule has 0 spiro atoms. The van der Waals surface area contributed by atoms with Gasteiger partial charge in [-0.2, -0.15) is 0 Å². The van der Waals surface area contributed by atoms with Crippen molar-refractivity contribution in [1.29, 1.82) is 0 Å². The molecule has 0 aliphatic carbocycles. The molecule has 0 amide bonds. The molecule has 3 aromatic rings. The third-order valence-electron chi connectivity index (χ3n) is 3.52. The number of aromatic amines is 2. The van der Waals surface area contributed by atoms with E-state index in [0.29, 0.717) is 0 Å². The number of hydrogen-bond acceptors (Lipinski definition) is 0. The first-order valence-corrected chi connectivity index (χ1v) is 6.56. The maximum atomic E-state index is 3.50. The Kier molecular flexibility index (Phi) is 2.79. The van der Waals surface area contributed by atoms with E-state index in [4.69, 9.17) is 0 Å². The second-order valence-electron chi connectivity index (χ2n) is 5.14. The first-order chi connectivity index (χ1) is 9.15. The summed E-state index contributed by atoms with van der Waals surface area (Å²) in [4.78, 5) is 6.73. The van der Waals surface area contributed by atoms with E-state index in [1.54, 1.807) is 0 Å². The first-order valence-electron chi connectivity index (χ1n) is 6.56. The van der Waals surface area contributed by atoms with Crippen molar-refractivity contribution in [2.24, 2.45) is 0 Å². The predicted octanol–water partition coefficient (Wildman–Crippen LogP) is 4.60. The summed E-state index contributed by atoms with van der Waals surface area (Å²) in [5, 5.41) is 0. The number of rotatable bonds is 2. The lowest BCUT2D eigenvalue weighted by atomic mass is 9.98. The molecule has 0 saturated heterocycles. The highest BCUT2D eigenvalue weighted by molar-refractivity contribution is 5.72. The minimum absolute atomic E-state index is 1.12. The van der Waals surface area contributed by atoms with Crippen LogP contribution in [0.5, 0.6) is 0 Å². The van der Waals surface area contributed by atoms with Gasteiger partial charge in [-0.15, -0.1) is 0 Å². The van der Waals surface area contributed by atoms with Crippen LogP contribution in [0.15, 0.2) is 42.6 Å². The Labute approximate surface area is 113 Å². The Morgan fingerprint density at radius 1 is 0.789 bits per heavy atom. The molecule has 0 saturated carbocycles. The average Bonchev–Trinajstić information content (AvgIpc) is 2.97. The highest BCUT2D eigenvalue weighted by atomic mass is 14.8. The lowest BCUT2D eigenvalue weighted by Gasteiger charge is -2.09. The Morgan fingerprint density at radius 3 is 2.11 bits per heavy atom.